The number of aromatic nitrogens is 3. The summed E-state index contributed by atoms with van der Waals surface area (Å²) in [5, 5.41) is 2.71. The lowest BCUT2D eigenvalue weighted by Crippen LogP contribution is -2.42. The van der Waals surface area contributed by atoms with Gasteiger partial charge in [0.25, 0.3) is 5.56 Å². The minimum Gasteiger partial charge on any atom is -0.462 e. The molecule has 1 N–H and O–H groups in total. The average molecular weight is 473 g/mol. The minimum atomic E-state index is -0.608. The van der Waals surface area contributed by atoms with Gasteiger partial charge in [-0.3, -0.25) is 18.7 Å². The molecule has 9 nitrogen and oxygen atoms in total. The van der Waals surface area contributed by atoms with Crippen LogP contribution in [0.2, 0.25) is 0 Å². The first-order chi connectivity index (χ1) is 16.9. The van der Waals surface area contributed by atoms with Crippen molar-refractivity contribution in [2.45, 2.75) is 26.9 Å². The molecule has 0 spiro atoms. The number of hydrogen-bond donors (Lipinski definition) is 1. The van der Waals surface area contributed by atoms with Gasteiger partial charge in [-0.2, -0.15) is 0 Å². The first-order valence-corrected chi connectivity index (χ1v) is 11.1. The molecule has 1 amide bonds. The number of fused-ring (bicyclic) bond motifs is 1. The maximum Gasteiger partial charge on any atom is 0.338 e. The van der Waals surface area contributed by atoms with Crippen molar-refractivity contribution in [3.8, 4) is 0 Å². The van der Waals surface area contributed by atoms with Crippen LogP contribution in [0.25, 0.3) is 11.0 Å². The van der Waals surface area contributed by atoms with Gasteiger partial charge in [-0.1, -0.05) is 29.8 Å². The third kappa shape index (κ3) is 5.19. The fourth-order valence-corrected chi connectivity index (χ4v) is 3.66. The Balaban J connectivity index is 1.63. The molecule has 0 aliphatic rings. The number of carbonyl (C=O) groups excluding carboxylic acids is 2. The van der Waals surface area contributed by atoms with Crippen molar-refractivity contribution in [1.82, 2.24) is 14.1 Å². The van der Waals surface area contributed by atoms with Crippen molar-refractivity contribution in [3.05, 3.63) is 104 Å². The zero-order valence-corrected chi connectivity index (χ0v) is 19.4. The number of benzene rings is 2. The topological polar surface area (TPSA) is 112 Å². The van der Waals surface area contributed by atoms with Gasteiger partial charge < -0.3 is 10.1 Å². The number of esters is 1. The third-order valence-electron chi connectivity index (χ3n) is 5.43. The van der Waals surface area contributed by atoms with Crippen LogP contribution in [0, 0.1) is 6.92 Å². The predicted octanol–water partition coefficient (Wildman–Crippen LogP) is 2.73. The van der Waals surface area contributed by atoms with Crippen LogP contribution in [0.3, 0.4) is 0 Å². The maximum absolute atomic E-state index is 13.3. The molecule has 9 heteroatoms. The zero-order chi connectivity index (χ0) is 24.9. The highest BCUT2D eigenvalue weighted by Gasteiger charge is 2.17. The fourth-order valence-electron chi connectivity index (χ4n) is 3.66. The van der Waals surface area contributed by atoms with Crippen LogP contribution >= 0.6 is 0 Å². The van der Waals surface area contributed by atoms with E-state index in [1.165, 1.54) is 10.8 Å². The largest absolute Gasteiger partial charge is 0.462 e. The summed E-state index contributed by atoms with van der Waals surface area (Å²) in [6.45, 7) is 3.67. The Bertz CT molecular complexity index is 1500. The minimum absolute atomic E-state index is 0.0569. The van der Waals surface area contributed by atoms with Crippen molar-refractivity contribution >= 4 is 28.6 Å². The molecular weight excluding hydrogens is 448 g/mol. The summed E-state index contributed by atoms with van der Waals surface area (Å²) in [6.07, 6.45) is 1.47. The van der Waals surface area contributed by atoms with Crippen molar-refractivity contribution in [2.24, 2.45) is 0 Å². The summed E-state index contributed by atoms with van der Waals surface area (Å²) in [5.41, 5.74) is 1.91. The molecule has 2 aromatic heterocycles. The molecule has 0 fully saturated rings. The van der Waals surface area contributed by atoms with Crippen LogP contribution < -0.4 is 16.6 Å². The average Bonchev–Trinajstić information content (AvgIpc) is 2.86. The molecule has 0 saturated heterocycles. The lowest BCUT2D eigenvalue weighted by molar-refractivity contribution is -0.116. The molecule has 2 aromatic carbocycles. The Labute approximate surface area is 200 Å². The van der Waals surface area contributed by atoms with E-state index in [0.29, 0.717) is 11.3 Å². The summed E-state index contributed by atoms with van der Waals surface area (Å²) in [5.74, 6) is -0.923. The third-order valence-corrected chi connectivity index (χ3v) is 5.43. The van der Waals surface area contributed by atoms with E-state index < -0.39 is 23.1 Å². The molecule has 35 heavy (non-hydrogen) atoms. The van der Waals surface area contributed by atoms with E-state index in [1.807, 2.05) is 31.2 Å². The number of nitrogens with zero attached hydrogens (tertiary/aromatic N) is 3. The molecule has 0 unspecified atom stereocenters. The van der Waals surface area contributed by atoms with E-state index in [4.69, 9.17) is 4.74 Å². The first-order valence-electron chi connectivity index (χ1n) is 11.1. The van der Waals surface area contributed by atoms with E-state index in [1.54, 1.807) is 43.3 Å². The molecule has 0 bridgehead atoms. The molecule has 0 radical (unpaired) electrons. The predicted molar refractivity (Wildman–Crippen MR) is 132 cm³/mol. The second-order valence-electron chi connectivity index (χ2n) is 7.96. The smallest absolute Gasteiger partial charge is 0.338 e. The summed E-state index contributed by atoms with van der Waals surface area (Å²) < 4.78 is 7.27. The number of nitrogens with one attached hydrogen (secondary N) is 1. The van der Waals surface area contributed by atoms with Crippen molar-refractivity contribution in [1.29, 1.82) is 0 Å². The normalized spacial score (nSPS) is 10.8. The van der Waals surface area contributed by atoms with Gasteiger partial charge in [-0.05, 0) is 55.8 Å². The summed E-state index contributed by atoms with van der Waals surface area (Å²) in [6, 6.07) is 16.9. The van der Waals surface area contributed by atoms with E-state index >= 15 is 0 Å². The Kier molecular flexibility index (Phi) is 6.86. The monoisotopic (exact) mass is 472 g/mol. The summed E-state index contributed by atoms with van der Waals surface area (Å²) in [4.78, 5) is 55.1. The quantitative estimate of drug-likeness (QED) is 0.414. The molecule has 4 rings (SSSR count). The fraction of sp³-hybridized carbons (Fsp3) is 0.192. The van der Waals surface area contributed by atoms with Gasteiger partial charge in [-0.25, -0.2) is 14.6 Å². The van der Waals surface area contributed by atoms with Crippen LogP contribution in [-0.4, -0.2) is 32.6 Å². The number of pyridine rings is 1. The van der Waals surface area contributed by atoms with Gasteiger partial charge in [0.15, 0.2) is 5.52 Å². The van der Waals surface area contributed by atoms with Crippen LogP contribution in [-0.2, 0) is 22.6 Å². The van der Waals surface area contributed by atoms with Gasteiger partial charge in [0.1, 0.15) is 6.54 Å². The van der Waals surface area contributed by atoms with Crippen LogP contribution in [0.1, 0.15) is 28.4 Å². The lowest BCUT2D eigenvalue weighted by Gasteiger charge is -2.14. The van der Waals surface area contributed by atoms with Crippen LogP contribution in [0.15, 0.2) is 76.4 Å². The first kappa shape index (κ1) is 23.6. The highest BCUT2D eigenvalue weighted by Crippen LogP contribution is 2.12. The number of hydrogen-bond acceptors (Lipinski definition) is 6. The Morgan fingerprint density at radius 3 is 2.37 bits per heavy atom. The second kappa shape index (κ2) is 10.2. The number of aryl methyl sites for hydroxylation is 1. The van der Waals surface area contributed by atoms with Crippen molar-refractivity contribution < 1.29 is 14.3 Å². The molecular formula is C26H24N4O5. The number of anilines is 1. The van der Waals surface area contributed by atoms with Crippen LogP contribution in [0.4, 0.5) is 5.69 Å². The van der Waals surface area contributed by atoms with E-state index in [2.05, 4.69) is 10.3 Å². The molecule has 0 aliphatic heterocycles. The van der Waals surface area contributed by atoms with Gasteiger partial charge in [0.05, 0.1) is 24.2 Å². The molecule has 4 aromatic rings. The number of ether oxygens (including phenoxy) is 1. The molecule has 0 atom stereocenters. The lowest BCUT2D eigenvalue weighted by atomic mass is 10.1. The molecule has 0 saturated carbocycles. The SMILES string of the molecule is CCOC(=O)c1ccc(NC(=O)Cn2c(=O)n(Cc3ccc(C)cc3)c(=O)c3ncccc32)cc1. The zero-order valence-electron chi connectivity index (χ0n) is 19.4. The van der Waals surface area contributed by atoms with E-state index in [9.17, 15) is 19.2 Å². The maximum atomic E-state index is 13.3. The number of amides is 1. The Hall–Kier alpha value is -4.53. The molecule has 0 aliphatic carbocycles. The second-order valence-corrected chi connectivity index (χ2v) is 7.96. The molecule has 178 valence electrons. The number of rotatable bonds is 7. The Morgan fingerprint density at radius 2 is 1.69 bits per heavy atom. The van der Waals surface area contributed by atoms with Crippen molar-refractivity contribution in [2.75, 3.05) is 11.9 Å². The van der Waals surface area contributed by atoms with Gasteiger partial charge in [-0.15, -0.1) is 0 Å². The van der Waals surface area contributed by atoms with E-state index in [0.717, 1.165) is 15.7 Å². The summed E-state index contributed by atoms with van der Waals surface area (Å²) >= 11 is 0. The van der Waals surface area contributed by atoms with Crippen LogP contribution in [0.5, 0.6) is 0 Å². The summed E-state index contributed by atoms with van der Waals surface area (Å²) in [7, 11) is 0. The van der Waals surface area contributed by atoms with Gasteiger partial charge in [0, 0.05) is 11.9 Å². The number of carbonyl (C=O) groups is 2. The molecule has 2 heterocycles. The Morgan fingerprint density at radius 1 is 0.971 bits per heavy atom. The highest BCUT2D eigenvalue weighted by atomic mass is 16.5. The van der Waals surface area contributed by atoms with Crippen molar-refractivity contribution in [3.63, 3.8) is 0 Å². The highest BCUT2D eigenvalue weighted by molar-refractivity contribution is 5.93. The van der Waals surface area contributed by atoms with Gasteiger partial charge in [0.2, 0.25) is 5.91 Å². The standard InChI is InChI=1S/C26H24N4O5/c1-3-35-25(33)19-10-12-20(13-11-19)28-22(31)16-29-21-5-4-14-27-23(21)24(32)30(26(29)34)15-18-8-6-17(2)7-9-18/h4-14H,3,15-16H2,1-2H3,(H,28,31). The van der Waals surface area contributed by atoms with Gasteiger partial charge >= 0.3 is 11.7 Å². The van der Waals surface area contributed by atoms with E-state index in [-0.39, 0.29) is 30.7 Å².